The third-order valence-corrected chi connectivity index (χ3v) is 6.16. The minimum atomic E-state index is -0.0358. The molecule has 1 heterocycles. The fourth-order valence-electron chi connectivity index (χ4n) is 4.20. The number of unbranched alkanes of at least 4 members (excludes halogenated alkanes) is 1. The molecule has 182 valence electrons. The van der Waals surface area contributed by atoms with Crippen LogP contribution in [0.5, 0.6) is 5.75 Å². The maximum atomic E-state index is 13.5. The molecule has 0 fully saturated rings. The van der Waals surface area contributed by atoms with Gasteiger partial charge in [-0.2, -0.15) is 0 Å². The Morgan fingerprint density at radius 1 is 0.882 bits per heavy atom. The van der Waals surface area contributed by atoms with Gasteiger partial charge in [0.25, 0.3) is 0 Å². The standard InChI is InChI=1S/C28H37N3O3/c1-4-6-17-30(27(32)11-5-2)21-28(33)31(20-23-12-7-10-15-26(23)34-3)18-16-22-19-29-25-14-9-8-13-24(22)25/h7-10,12-15,19,29H,4-6,11,16-18,20-21H2,1-3H3. The van der Waals surface area contributed by atoms with Crippen LogP contribution < -0.4 is 4.74 Å². The van der Waals surface area contributed by atoms with Gasteiger partial charge in [0, 0.05) is 48.7 Å². The largest absolute Gasteiger partial charge is 0.496 e. The van der Waals surface area contributed by atoms with Gasteiger partial charge in [-0.3, -0.25) is 9.59 Å². The molecule has 0 aliphatic rings. The second kappa shape index (κ2) is 12.8. The smallest absolute Gasteiger partial charge is 0.242 e. The average Bonchev–Trinajstić information content (AvgIpc) is 3.27. The summed E-state index contributed by atoms with van der Waals surface area (Å²) in [6, 6.07) is 16.0. The van der Waals surface area contributed by atoms with E-state index in [0.717, 1.165) is 42.5 Å². The van der Waals surface area contributed by atoms with E-state index in [4.69, 9.17) is 4.74 Å². The second-order valence-electron chi connectivity index (χ2n) is 8.66. The van der Waals surface area contributed by atoms with Crippen molar-refractivity contribution in [2.45, 2.75) is 52.5 Å². The topological polar surface area (TPSA) is 65.6 Å². The van der Waals surface area contributed by atoms with Crippen molar-refractivity contribution in [2.24, 2.45) is 0 Å². The van der Waals surface area contributed by atoms with Crippen LogP contribution >= 0.6 is 0 Å². The molecular formula is C28H37N3O3. The molecule has 3 rings (SSSR count). The predicted molar refractivity (Wildman–Crippen MR) is 137 cm³/mol. The molecule has 0 aliphatic carbocycles. The summed E-state index contributed by atoms with van der Waals surface area (Å²) in [6.07, 6.45) is 5.87. The molecule has 0 unspecified atom stereocenters. The first-order valence-electron chi connectivity index (χ1n) is 12.3. The summed E-state index contributed by atoms with van der Waals surface area (Å²) >= 11 is 0. The van der Waals surface area contributed by atoms with E-state index in [1.165, 1.54) is 10.9 Å². The summed E-state index contributed by atoms with van der Waals surface area (Å²) in [5, 5.41) is 1.18. The SMILES string of the molecule is CCCCN(CC(=O)N(CCc1c[nH]c2ccccc12)Cc1ccccc1OC)C(=O)CCC. The number of H-pyrrole nitrogens is 1. The number of nitrogens with one attached hydrogen (secondary N) is 1. The number of methoxy groups -OCH3 is 1. The number of carbonyl (C=O) groups is 2. The van der Waals surface area contributed by atoms with Gasteiger partial charge in [0.05, 0.1) is 13.7 Å². The predicted octanol–water partition coefficient (Wildman–Crippen LogP) is 5.18. The molecule has 2 amide bonds. The van der Waals surface area contributed by atoms with E-state index in [-0.39, 0.29) is 18.4 Å². The number of aromatic nitrogens is 1. The quantitative estimate of drug-likeness (QED) is 0.380. The number of hydrogen-bond acceptors (Lipinski definition) is 3. The molecule has 1 N–H and O–H groups in total. The van der Waals surface area contributed by atoms with E-state index in [9.17, 15) is 9.59 Å². The molecule has 0 spiro atoms. The van der Waals surface area contributed by atoms with Crippen molar-refractivity contribution in [3.05, 3.63) is 65.9 Å². The van der Waals surface area contributed by atoms with Gasteiger partial charge in [0.1, 0.15) is 5.75 Å². The van der Waals surface area contributed by atoms with E-state index in [1.54, 1.807) is 12.0 Å². The molecule has 0 radical (unpaired) electrons. The Balaban J connectivity index is 1.80. The molecule has 34 heavy (non-hydrogen) atoms. The number of benzene rings is 2. The highest BCUT2D eigenvalue weighted by Gasteiger charge is 2.22. The van der Waals surface area contributed by atoms with Crippen molar-refractivity contribution in [3.63, 3.8) is 0 Å². The van der Waals surface area contributed by atoms with Gasteiger partial charge in [-0.1, -0.05) is 56.7 Å². The van der Waals surface area contributed by atoms with Gasteiger partial charge in [0.2, 0.25) is 11.8 Å². The first-order chi connectivity index (χ1) is 16.6. The molecule has 3 aromatic rings. The van der Waals surface area contributed by atoms with E-state index in [0.29, 0.717) is 26.1 Å². The van der Waals surface area contributed by atoms with Crippen LogP contribution in [-0.2, 0) is 22.6 Å². The lowest BCUT2D eigenvalue weighted by Gasteiger charge is -2.28. The van der Waals surface area contributed by atoms with Crippen molar-refractivity contribution in [1.82, 2.24) is 14.8 Å². The maximum absolute atomic E-state index is 13.5. The lowest BCUT2D eigenvalue weighted by Crippen LogP contribution is -2.43. The number of amides is 2. The molecule has 0 aliphatic heterocycles. The van der Waals surface area contributed by atoms with Gasteiger partial charge >= 0.3 is 0 Å². The molecule has 1 aromatic heterocycles. The van der Waals surface area contributed by atoms with Gasteiger partial charge in [-0.25, -0.2) is 0 Å². The number of rotatable bonds is 13. The Hall–Kier alpha value is -3.28. The Morgan fingerprint density at radius 2 is 1.65 bits per heavy atom. The summed E-state index contributed by atoms with van der Waals surface area (Å²) < 4.78 is 5.53. The number of fused-ring (bicyclic) bond motifs is 1. The Kier molecular flexibility index (Phi) is 9.56. The van der Waals surface area contributed by atoms with E-state index >= 15 is 0 Å². The van der Waals surface area contributed by atoms with Gasteiger partial charge in [-0.15, -0.1) is 0 Å². The highest BCUT2D eigenvalue weighted by atomic mass is 16.5. The molecule has 6 nitrogen and oxygen atoms in total. The first kappa shape index (κ1) is 25.3. The van der Waals surface area contributed by atoms with Crippen molar-refractivity contribution < 1.29 is 14.3 Å². The lowest BCUT2D eigenvalue weighted by atomic mass is 10.1. The fourth-order valence-corrected chi connectivity index (χ4v) is 4.20. The minimum absolute atomic E-state index is 0.0358. The summed E-state index contributed by atoms with van der Waals surface area (Å²) in [7, 11) is 1.65. The zero-order valence-electron chi connectivity index (χ0n) is 20.7. The summed E-state index contributed by atoms with van der Waals surface area (Å²) in [6.45, 7) is 5.82. The first-order valence-corrected chi connectivity index (χ1v) is 12.3. The highest BCUT2D eigenvalue weighted by Crippen LogP contribution is 2.22. The molecular weight excluding hydrogens is 426 g/mol. The van der Waals surface area contributed by atoms with Crippen molar-refractivity contribution in [3.8, 4) is 5.75 Å². The van der Waals surface area contributed by atoms with Gasteiger partial charge in [0.15, 0.2) is 0 Å². The molecule has 0 bridgehead atoms. The van der Waals surface area contributed by atoms with Crippen LogP contribution in [0.15, 0.2) is 54.7 Å². The van der Waals surface area contributed by atoms with Crippen LogP contribution in [0.3, 0.4) is 0 Å². The van der Waals surface area contributed by atoms with Crippen LogP contribution in [0.1, 0.15) is 50.7 Å². The van der Waals surface area contributed by atoms with Crippen LogP contribution in [0.4, 0.5) is 0 Å². The Bertz CT molecular complexity index is 1080. The van der Waals surface area contributed by atoms with Crippen molar-refractivity contribution in [1.29, 1.82) is 0 Å². The molecule has 6 heteroatoms. The highest BCUT2D eigenvalue weighted by molar-refractivity contribution is 5.85. The summed E-state index contributed by atoms with van der Waals surface area (Å²) in [5.74, 6) is 0.779. The van der Waals surface area contributed by atoms with Gasteiger partial charge < -0.3 is 19.5 Å². The minimum Gasteiger partial charge on any atom is -0.496 e. The van der Waals surface area contributed by atoms with E-state index < -0.39 is 0 Å². The molecule has 0 saturated heterocycles. The van der Waals surface area contributed by atoms with Gasteiger partial charge in [-0.05, 0) is 37.0 Å². The number of ether oxygens (including phenoxy) is 1. The normalized spacial score (nSPS) is 10.9. The third kappa shape index (κ3) is 6.62. The lowest BCUT2D eigenvalue weighted by molar-refractivity contribution is -0.141. The Labute approximate surface area is 202 Å². The molecule has 2 aromatic carbocycles. The van der Waals surface area contributed by atoms with Crippen molar-refractivity contribution >= 4 is 22.7 Å². The maximum Gasteiger partial charge on any atom is 0.242 e. The zero-order chi connectivity index (χ0) is 24.3. The molecule has 0 atom stereocenters. The summed E-state index contributed by atoms with van der Waals surface area (Å²) in [4.78, 5) is 33.1. The average molecular weight is 464 g/mol. The third-order valence-electron chi connectivity index (χ3n) is 6.16. The number of aromatic amines is 1. The van der Waals surface area contributed by atoms with Crippen LogP contribution in [0, 0.1) is 0 Å². The van der Waals surface area contributed by atoms with Crippen LogP contribution in [-0.4, -0.2) is 53.3 Å². The Morgan fingerprint density at radius 3 is 2.41 bits per heavy atom. The van der Waals surface area contributed by atoms with E-state index in [2.05, 4.69) is 24.0 Å². The number of para-hydroxylation sites is 2. The number of nitrogens with zero attached hydrogens (tertiary/aromatic N) is 2. The fraction of sp³-hybridized carbons (Fsp3) is 0.429. The van der Waals surface area contributed by atoms with E-state index in [1.807, 2.05) is 54.4 Å². The zero-order valence-corrected chi connectivity index (χ0v) is 20.7. The van der Waals surface area contributed by atoms with Crippen molar-refractivity contribution in [2.75, 3.05) is 26.7 Å². The van der Waals surface area contributed by atoms with Crippen LogP contribution in [0.25, 0.3) is 10.9 Å². The second-order valence-corrected chi connectivity index (χ2v) is 8.66. The monoisotopic (exact) mass is 463 g/mol. The van der Waals surface area contributed by atoms with Crippen LogP contribution in [0.2, 0.25) is 0 Å². The summed E-state index contributed by atoms with van der Waals surface area (Å²) in [5.41, 5.74) is 3.23. The molecule has 0 saturated carbocycles. The number of carbonyl (C=O) groups excluding carboxylic acids is 2. The number of hydrogen-bond donors (Lipinski definition) is 1.